The zero-order valence-corrected chi connectivity index (χ0v) is 12.0. The minimum atomic E-state index is 0.0421. The van der Waals surface area contributed by atoms with Crippen molar-refractivity contribution in [3.8, 4) is 17.2 Å². The zero-order chi connectivity index (χ0) is 14.0. The van der Waals surface area contributed by atoms with Gasteiger partial charge >= 0.3 is 0 Å². The Labute approximate surface area is 119 Å². The molecule has 1 saturated carbocycles. The molecule has 0 spiro atoms. The number of hydrogen-bond acceptors (Lipinski definition) is 5. The summed E-state index contributed by atoms with van der Waals surface area (Å²) in [7, 11) is 3.44. The van der Waals surface area contributed by atoms with Gasteiger partial charge in [-0.05, 0) is 37.0 Å². The van der Waals surface area contributed by atoms with Crippen molar-refractivity contribution in [3.05, 3.63) is 17.7 Å². The summed E-state index contributed by atoms with van der Waals surface area (Å²) < 4.78 is 21.8. The molecule has 5 heteroatoms. The maximum absolute atomic E-state index is 5.60. The van der Waals surface area contributed by atoms with Crippen LogP contribution in [0.1, 0.15) is 24.8 Å². The van der Waals surface area contributed by atoms with Crippen LogP contribution in [0.25, 0.3) is 0 Å². The molecule has 5 nitrogen and oxygen atoms in total. The predicted octanol–water partition coefficient (Wildman–Crippen LogP) is 2.08. The Morgan fingerprint density at radius 2 is 2.10 bits per heavy atom. The summed E-state index contributed by atoms with van der Waals surface area (Å²) in [6.07, 6.45) is 3.54. The van der Waals surface area contributed by atoms with Crippen molar-refractivity contribution in [3.63, 3.8) is 0 Å². The molecule has 1 aromatic carbocycles. The van der Waals surface area contributed by atoms with Gasteiger partial charge in [-0.1, -0.05) is 0 Å². The molecule has 20 heavy (non-hydrogen) atoms. The fraction of sp³-hybridized carbons (Fsp3) is 0.600. The molecular weight excluding hydrogens is 258 g/mol. The first-order valence-electron chi connectivity index (χ1n) is 6.99. The normalized spacial score (nSPS) is 18.7. The summed E-state index contributed by atoms with van der Waals surface area (Å²) in [5, 5.41) is 3.46. The van der Waals surface area contributed by atoms with E-state index < -0.39 is 0 Å². The van der Waals surface area contributed by atoms with Crippen LogP contribution in [0.4, 0.5) is 0 Å². The summed E-state index contributed by atoms with van der Waals surface area (Å²) in [5.74, 6) is 2.18. The third-order valence-corrected chi connectivity index (χ3v) is 4.19. The Bertz CT molecular complexity index is 479. The molecule has 3 rings (SSSR count). The van der Waals surface area contributed by atoms with E-state index in [0.717, 1.165) is 43.0 Å². The smallest absolute Gasteiger partial charge is 0.231 e. The number of benzene rings is 1. The number of methoxy groups -OCH3 is 2. The summed E-state index contributed by atoms with van der Waals surface area (Å²) in [4.78, 5) is 0. The second kappa shape index (κ2) is 5.50. The van der Waals surface area contributed by atoms with Crippen LogP contribution in [-0.4, -0.2) is 33.2 Å². The van der Waals surface area contributed by atoms with Crippen LogP contribution in [-0.2, 0) is 11.3 Å². The number of hydrogen-bond donors (Lipinski definition) is 1. The first-order chi connectivity index (χ1) is 9.76. The maximum atomic E-state index is 5.60. The Morgan fingerprint density at radius 3 is 2.75 bits per heavy atom. The fourth-order valence-corrected chi connectivity index (χ4v) is 2.74. The number of rotatable bonds is 6. The molecule has 0 bridgehead atoms. The molecule has 1 aromatic rings. The van der Waals surface area contributed by atoms with E-state index in [1.54, 1.807) is 14.2 Å². The van der Waals surface area contributed by atoms with Gasteiger partial charge in [-0.3, -0.25) is 0 Å². The molecular formula is C15H21NO4. The first-order valence-corrected chi connectivity index (χ1v) is 6.99. The maximum Gasteiger partial charge on any atom is 0.231 e. The van der Waals surface area contributed by atoms with E-state index in [2.05, 4.69) is 5.32 Å². The van der Waals surface area contributed by atoms with E-state index in [-0.39, 0.29) is 12.4 Å². The largest absolute Gasteiger partial charge is 0.493 e. The molecule has 110 valence electrons. The molecule has 1 fully saturated rings. The minimum Gasteiger partial charge on any atom is -0.493 e. The van der Waals surface area contributed by atoms with Gasteiger partial charge < -0.3 is 24.3 Å². The van der Waals surface area contributed by atoms with Crippen molar-refractivity contribution in [2.24, 2.45) is 0 Å². The number of nitrogens with one attached hydrogen (secondary N) is 1. The molecule has 1 N–H and O–H groups in total. The van der Waals surface area contributed by atoms with Gasteiger partial charge in [0.2, 0.25) is 12.5 Å². The third kappa shape index (κ3) is 2.43. The van der Waals surface area contributed by atoms with Crippen molar-refractivity contribution in [2.75, 3.05) is 27.6 Å². The molecule has 0 radical (unpaired) electrons. The molecule has 0 unspecified atom stereocenters. The first kappa shape index (κ1) is 13.5. The highest BCUT2D eigenvalue weighted by molar-refractivity contribution is 5.55. The quantitative estimate of drug-likeness (QED) is 0.864. The van der Waals surface area contributed by atoms with Gasteiger partial charge in [-0.15, -0.1) is 0 Å². The second-order valence-electron chi connectivity index (χ2n) is 5.38. The molecule has 0 aromatic heterocycles. The lowest BCUT2D eigenvalue weighted by Crippen LogP contribution is -2.47. The van der Waals surface area contributed by atoms with Gasteiger partial charge in [0.25, 0.3) is 0 Å². The van der Waals surface area contributed by atoms with Gasteiger partial charge in [0.1, 0.15) is 0 Å². The van der Waals surface area contributed by atoms with Gasteiger partial charge in [0.05, 0.1) is 12.7 Å². The Kier molecular flexibility index (Phi) is 3.72. The lowest BCUT2D eigenvalue weighted by molar-refractivity contribution is -0.0695. The minimum absolute atomic E-state index is 0.0421. The van der Waals surface area contributed by atoms with Crippen LogP contribution >= 0.6 is 0 Å². The van der Waals surface area contributed by atoms with Crippen LogP contribution in [0.2, 0.25) is 0 Å². The molecule has 1 aliphatic carbocycles. The van der Waals surface area contributed by atoms with Crippen molar-refractivity contribution in [2.45, 2.75) is 31.4 Å². The van der Waals surface area contributed by atoms with Crippen LogP contribution < -0.4 is 19.5 Å². The standard InChI is InChI=1S/C15H21NO4/c1-17-12-6-11(7-13-14(12)20-10-19-13)8-16-9-15(18-2)4-3-5-15/h6-7,16H,3-5,8-10H2,1-2H3. The molecule has 1 aliphatic heterocycles. The van der Waals surface area contributed by atoms with Crippen LogP contribution in [0, 0.1) is 0 Å². The molecule has 1 heterocycles. The van der Waals surface area contributed by atoms with Crippen molar-refractivity contribution in [1.82, 2.24) is 5.32 Å². The summed E-state index contributed by atoms with van der Waals surface area (Å²) in [6, 6.07) is 3.98. The zero-order valence-electron chi connectivity index (χ0n) is 12.0. The van der Waals surface area contributed by atoms with E-state index in [1.165, 1.54) is 6.42 Å². The van der Waals surface area contributed by atoms with Gasteiger partial charge in [0, 0.05) is 20.2 Å². The van der Waals surface area contributed by atoms with E-state index in [0.29, 0.717) is 5.75 Å². The Morgan fingerprint density at radius 1 is 1.25 bits per heavy atom. The highest BCUT2D eigenvalue weighted by Crippen LogP contribution is 2.41. The summed E-state index contributed by atoms with van der Waals surface area (Å²) in [6.45, 7) is 1.90. The van der Waals surface area contributed by atoms with E-state index in [9.17, 15) is 0 Å². The highest BCUT2D eigenvalue weighted by atomic mass is 16.7. The molecule has 0 amide bonds. The molecule has 0 saturated heterocycles. The molecule has 2 aliphatic rings. The van der Waals surface area contributed by atoms with Gasteiger partial charge in [-0.2, -0.15) is 0 Å². The average molecular weight is 279 g/mol. The third-order valence-electron chi connectivity index (χ3n) is 4.19. The topological polar surface area (TPSA) is 49.0 Å². The second-order valence-corrected chi connectivity index (χ2v) is 5.38. The number of fused-ring (bicyclic) bond motifs is 1. The summed E-state index contributed by atoms with van der Waals surface area (Å²) in [5.41, 5.74) is 1.16. The van der Waals surface area contributed by atoms with E-state index >= 15 is 0 Å². The van der Waals surface area contributed by atoms with E-state index in [1.807, 2.05) is 12.1 Å². The van der Waals surface area contributed by atoms with Crippen LogP contribution in [0.3, 0.4) is 0 Å². The van der Waals surface area contributed by atoms with Gasteiger partial charge in [0.15, 0.2) is 11.5 Å². The highest BCUT2D eigenvalue weighted by Gasteiger charge is 2.36. The van der Waals surface area contributed by atoms with Gasteiger partial charge in [-0.25, -0.2) is 0 Å². The van der Waals surface area contributed by atoms with Crippen LogP contribution in [0.15, 0.2) is 12.1 Å². The lowest BCUT2D eigenvalue weighted by Gasteiger charge is -2.40. The summed E-state index contributed by atoms with van der Waals surface area (Å²) >= 11 is 0. The SMILES string of the molecule is COc1cc(CNCC2(OC)CCC2)cc2c1OCO2. The monoisotopic (exact) mass is 279 g/mol. The van der Waals surface area contributed by atoms with Crippen LogP contribution in [0.5, 0.6) is 17.2 Å². The number of ether oxygens (including phenoxy) is 4. The molecule has 0 atom stereocenters. The van der Waals surface area contributed by atoms with Crippen molar-refractivity contribution >= 4 is 0 Å². The van der Waals surface area contributed by atoms with Crippen molar-refractivity contribution in [1.29, 1.82) is 0 Å². The fourth-order valence-electron chi connectivity index (χ4n) is 2.74. The Hall–Kier alpha value is -1.46. The average Bonchev–Trinajstić information content (AvgIpc) is 2.89. The van der Waals surface area contributed by atoms with E-state index in [4.69, 9.17) is 18.9 Å². The lowest BCUT2D eigenvalue weighted by atomic mass is 9.80. The Balaban J connectivity index is 1.63. The van der Waals surface area contributed by atoms with Crippen molar-refractivity contribution < 1.29 is 18.9 Å². The predicted molar refractivity (Wildman–Crippen MR) is 74.4 cm³/mol.